The molecule has 0 spiro atoms. The molecule has 0 unspecified atom stereocenters. The summed E-state index contributed by atoms with van der Waals surface area (Å²) in [6.45, 7) is 4.08. The second-order valence-electron chi connectivity index (χ2n) is 4.38. The molecule has 0 fully saturated rings. The molecular formula is C12H14ClN3. The molecule has 84 valence electrons. The number of hydrogen-bond donors (Lipinski definition) is 1. The lowest BCUT2D eigenvalue weighted by molar-refractivity contribution is 0.639. The molecule has 0 saturated carbocycles. The summed E-state index contributed by atoms with van der Waals surface area (Å²) in [5, 5.41) is 4.34. The van der Waals surface area contributed by atoms with Crippen molar-refractivity contribution in [2.75, 3.05) is 11.2 Å². The number of hydrogen-bond acceptors (Lipinski definition) is 3. The van der Waals surface area contributed by atoms with E-state index in [0.29, 0.717) is 5.88 Å². The van der Waals surface area contributed by atoms with E-state index in [4.69, 9.17) is 11.6 Å². The van der Waals surface area contributed by atoms with Crippen LogP contribution in [0.4, 0.5) is 5.82 Å². The minimum Gasteiger partial charge on any atom is -0.363 e. The predicted octanol–water partition coefficient (Wildman–Crippen LogP) is 3.06. The normalized spacial score (nSPS) is 11.7. The fraction of sp³-hybridized carbons (Fsp3) is 0.333. The maximum absolute atomic E-state index is 5.89. The summed E-state index contributed by atoms with van der Waals surface area (Å²) in [6.07, 6.45) is 1.56. The Kier molecular flexibility index (Phi) is 2.97. The summed E-state index contributed by atoms with van der Waals surface area (Å²) >= 11 is 5.89. The van der Waals surface area contributed by atoms with Crippen LogP contribution >= 0.6 is 11.6 Å². The van der Waals surface area contributed by atoms with E-state index in [1.807, 2.05) is 38.1 Å². The van der Waals surface area contributed by atoms with Crippen LogP contribution in [0.25, 0.3) is 10.9 Å². The maximum atomic E-state index is 5.89. The van der Waals surface area contributed by atoms with E-state index in [1.54, 1.807) is 6.33 Å². The molecule has 1 aromatic heterocycles. The molecule has 1 N–H and O–H groups in total. The van der Waals surface area contributed by atoms with Gasteiger partial charge in [0.25, 0.3) is 0 Å². The Hall–Kier alpha value is -1.35. The van der Waals surface area contributed by atoms with E-state index >= 15 is 0 Å². The molecule has 2 rings (SSSR count). The van der Waals surface area contributed by atoms with Gasteiger partial charge in [-0.2, -0.15) is 0 Å². The summed E-state index contributed by atoms with van der Waals surface area (Å²) in [5.41, 5.74) is 0.754. The van der Waals surface area contributed by atoms with Crippen molar-refractivity contribution in [3.05, 3.63) is 30.6 Å². The molecule has 1 aromatic carbocycles. The van der Waals surface area contributed by atoms with Crippen molar-refractivity contribution in [3.8, 4) is 0 Å². The third-order valence-electron chi connectivity index (χ3n) is 2.33. The van der Waals surface area contributed by atoms with Gasteiger partial charge in [-0.3, -0.25) is 0 Å². The topological polar surface area (TPSA) is 37.8 Å². The maximum Gasteiger partial charge on any atom is 0.137 e. The van der Waals surface area contributed by atoms with Gasteiger partial charge < -0.3 is 5.32 Å². The van der Waals surface area contributed by atoms with Crippen LogP contribution in [0.5, 0.6) is 0 Å². The van der Waals surface area contributed by atoms with Gasteiger partial charge in [-0.05, 0) is 26.0 Å². The minimum absolute atomic E-state index is 0.182. The van der Waals surface area contributed by atoms with Crippen molar-refractivity contribution in [2.24, 2.45) is 0 Å². The summed E-state index contributed by atoms with van der Waals surface area (Å²) in [6, 6.07) is 7.91. The number of benzene rings is 1. The molecule has 4 heteroatoms. The Bertz CT molecular complexity index is 491. The van der Waals surface area contributed by atoms with Crippen LogP contribution in [0.3, 0.4) is 0 Å². The van der Waals surface area contributed by atoms with Gasteiger partial charge in [-0.1, -0.05) is 12.1 Å². The highest BCUT2D eigenvalue weighted by atomic mass is 35.5. The van der Waals surface area contributed by atoms with Crippen molar-refractivity contribution >= 4 is 28.3 Å². The van der Waals surface area contributed by atoms with E-state index in [1.165, 1.54) is 0 Å². The summed E-state index contributed by atoms with van der Waals surface area (Å²) < 4.78 is 0. The zero-order valence-electron chi connectivity index (χ0n) is 9.37. The number of halogens is 1. The number of fused-ring (bicyclic) bond motifs is 1. The number of rotatable bonds is 3. The average Bonchev–Trinajstić information content (AvgIpc) is 2.29. The molecule has 0 aliphatic heterocycles. The third kappa shape index (κ3) is 2.25. The van der Waals surface area contributed by atoms with Gasteiger partial charge in [0.05, 0.1) is 5.52 Å². The lowest BCUT2D eigenvalue weighted by atomic mass is 10.1. The van der Waals surface area contributed by atoms with Crippen LogP contribution in [-0.4, -0.2) is 21.4 Å². The highest BCUT2D eigenvalue weighted by Gasteiger charge is 2.17. The number of anilines is 1. The SMILES string of the molecule is CC(C)(CCl)Nc1ncnc2ccccc12. The summed E-state index contributed by atoms with van der Waals surface area (Å²) in [5.74, 6) is 1.35. The fourth-order valence-electron chi connectivity index (χ4n) is 1.46. The lowest BCUT2D eigenvalue weighted by Gasteiger charge is -2.24. The second kappa shape index (κ2) is 4.26. The van der Waals surface area contributed by atoms with Crippen molar-refractivity contribution in [3.63, 3.8) is 0 Å². The first-order chi connectivity index (χ1) is 7.62. The Balaban J connectivity index is 2.45. The molecule has 16 heavy (non-hydrogen) atoms. The van der Waals surface area contributed by atoms with Crippen molar-refractivity contribution < 1.29 is 0 Å². The first-order valence-corrected chi connectivity index (χ1v) is 5.70. The van der Waals surface area contributed by atoms with Gasteiger partial charge in [-0.25, -0.2) is 9.97 Å². The van der Waals surface area contributed by atoms with Crippen LogP contribution in [-0.2, 0) is 0 Å². The van der Waals surface area contributed by atoms with E-state index in [2.05, 4.69) is 15.3 Å². The highest BCUT2D eigenvalue weighted by molar-refractivity contribution is 6.18. The monoisotopic (exact) mass is 235 g/mol. The number of nitrogens with one attached hydrogen (secondary N) is 1. The lowest BCUT2D eigenvalue weighted by Crippen LogP contribution is -2.33. The number of nitrogens with zero attached hydrogens (tertiary/aromatic N) is 2. The molecule has 0 amide bonds. The van der Waals surface area contributed by atoms with E-state index in [-0.39, 0.29) is 5.54 Å². The molecule has 0 aliphatic rings. The predicted molar refractivity (Wildman–Crippen MR) is 68.0 cm³/mol. The van der Waals surface area contributed by atoms with Gasteiger partial charge in [0.15, 0.2) is 0 Å². The highest BCUT2D eigenvalue weighted by Crippen LogP contribution is 2.22. The quantitative estimate of drug-likeness (QED) is 0.831. The van der Waals surface area contributed by atoms with Crippen molar-refractivity contribution in [2.45, 2.75) is 19.4 Å². The molecule has 1 heterocycles. The number of alkyl halides is 1. The number of para-hydroxylation sites is 1. The summed E-state index contributed by atoms with van der Waals surface area (Å²) in [7, 11) is 0. The van der Waals surface area contributed by atoms with Crippen LogP contribution in [0, 0.1) is 0 Å². The third-order valence-corrected chi connectivity index (χ3v) is 3.00. The molecular weight excluding hydrogens is 222 g/mol. The first-order valence-electron chi connectivity index (χ1n) is 5.16. The number of aromatic nitrogens is 2. The molecule has 0 saturated heterocycles. The first kappa shape index (κ1) is 11.1. The zero-order chi connectivity index (χ0) is 11.6. The van der Waals surface area contributed by atoms with E-state index in [9.17, 15) is 0 Å². The van der Waals surface area contributed by atoms with Gasteiger partial charge in [0.2, 0.25) is 0 Å². The largest absolute Gasteiger partial charge is 0.363 e. The second-order valence-corrected chi connectivity index (χ2v) is 4.65. The minimum atomic E-state index is -0.182. The standard InChI is InChI=1S/C12H14ClN3/c1-12(2,7-13)16-11-9-5-3-4-6-10(9)14-8-15-11/h3-6,8H,7H2,1-2H3,(H,14,15,16). The zero-order valence-corrected chi connectivity index (χ0v) is 10.1. The fourth-order valence-corrected chi connectivity index (χ4v) is 1.53. The molecule has 0 radical (unpaired) electrons. The van der Waals surface area contributed by atoms with Crippen LogP contribution < -0.4 is 5.32 Å². The Morgan fingerprint density at radius 3 is 2.75 bits per heavy atom. The van der Waals surface area contributed by atoms with Gasteiger partial charge >= 0.3 is 0 Å². The molecule has 2 aromatic rings. The van der Waals surface area contributed by atoms with Crippen LogP contribution in [0.15, 0.2) is 30.6 Å². The molecule has 0 aliphatic carbocycles. The van der Waals surface area contributed by atoms with E-state index in [0.717, 1.165) is 16.7 Å². The summed E-state index contributed by atoms with van der Waals surface area (Å²) in [4.78, 5) is 8.47. The van der Waals surface area contributed by atoms with Crippen molar-refractivity contribution in [1.29, 1.82) is 0 Å². The molecule has 3 nitrogen and oxygen atoms in total. The smallest absolute Gasteiger partial charge is 0.137 e. The molecule has 0 atom stereocenters. The van der Waals surface area contributed by atoms with E-state index < -0.39 is 0 Å². The average molecular weight is 236 g/mol. The van der Waals surface area contributed by atoms with Crippen LogP contribution in [0.1, 0.15) is 13.8 Å². The Morgan fingerprint density at radius 1 is 1.25 bits per heavy atom. The van der Waals surface area contributed by atoms with Gasteiger partial charge in [-0.15, -0.1) is 11.6 Å². The Labute approximate surface area is 99.9 Å². The van der Waals surface area contributed by atoms with Gasteiger partial charge in [0, 0.05) is 16.8 Å². The molecule has 0 bridgehead atoms. The van der Waals surface area contributed by atoms with Crippen LogP contribution in [0.2, 0.25) is 0 Å². The van der Waals surface area contributed by atoms with Crippen molar-refractivity contribution in [1.82, 2.24) is 9.97 Å². The Morgan fingerprint density at radius 2 is 2.00 bits per heavy atom. The van der Waals surface area contributed by atoms with Gasteiger partial charge in [0.1, 0.15) is 12.1 Å².